The second-order valence-corrected chi connectivity index (χ2v) is 13.3. The molecule has 0 saturated carbocycles. The molecule has 0 amide bonds. The first-order valence-electron chi connectivity index (χ1n) is 13.3. The van der Waals surface area contributed by atoms with E-state index in [-0.39, 0.29) is 58.2 Å². The van der Waals surface area contributed by atoms with Gasteiger partial charge in [0.05, 0.1) is 36.8 Å². The van der Waals surface area contributed by atoms with E-state index in [0.717, 1.165) is 5.56 Å². The van der Waals surface area contributed by atoms with Gasteiger partial charge in [-0.1, -0.05) is 44.5 Å². The standard InChI is InChI=1S/C29H36ClN3O8S/c1-28(2,3)18-7-10-20(11-8-18)42(35,36)33-27-26(39-23-13-19(37-6)9-12-21(23)30)22(31-17-32-27)15-38-16-25-24(14-34)40-29(4,5)41-25/h7-13,17,24-25,34H,14-16H2,1-6H3,(H,31,32,33)/t24-,25-/m0/s1. The normalized spacial score (nSPS) is 18.6. The molecule has 3 aromatic rings. The molecule has 42 heavy (non-hydrogen) atoms. The molecule has 1 aliphatic rings. The Kier molecular flexibility index (Phi) is 9.65. The number of methoxy groups -OCH3 is 1. The van der Waals surface area contributed by atoms with E-state index < -0.39 is 28.0 Å². The number of aliphatic hydroxyl groups is 1. The van der Waals surface area contributed by atoms with E-state index in [1.165, 1.54) is 25.6 Å². The number of halogens is 1. The highest BCUT2D eigenvalue weighted by Crippen LogP contribution is 2.38. The fourth-order valence-electron chi connectivity index (χ4n) is 4.29. The topological polar surface area (TPSA) is 138 Å². The Bertz CT molecular complexity index is 1490. The van der Waals surface area contributed by atoms with Crippen LogP contribution in [0.5, 0.6) is 17.2 Å². The predicted molar refractivity (Wildman–Crippen MR) is 157 cm³/mol. The van der Waals surface area contributed by atoms with Crippen molar-refractivity contribution in [2.45, 2.75) is 69.5 Å². The van der Waals surface area contributed by atoms with Gasteiger partial charge < -0.3 is 28.8 Å². The molecule has 1 fully saturated rings. The molecule has 0 unspecified atom stereocenters. The number of hydrogen-bond donors (Lipinski definition) is 2. The SMILES string of the molecule is COc1ccc(Cl)c(Oc2c(COC[C@@H]3OC(C)(C)O[C@H]3CO)ncnc2NS(=O)(=O)c2ccc(C(C)(C)C)cc2)c1. The van der Waals surface area contributed by atoms with Gasteiger partial charge in [0.15, 0.2) is 17.4 Å². The fraction of sp³-hybridized carbons (Fsp3) is 0.448. The molecule has 1 saturated heterocycles. The van der Waals surface area contributed by atoms with E-state index in [2.05, 4.69) is 14.7 Å². The van der Waals surface area contributed by atoms with Crippen LogP contribution in [0.4, 0.5) is 5.82 Å². The maximum atomic E-state index is 13.4. The van der Waals surface area contributed by atoms with Crippen LogP contribution in [0.2, 0.25) is 5.02 Å². The molecule has 1 aromatic heterocycles. The van der Waals surface area contributed by atoms with Crippen molar-refractivity contribution in [3.63, 3.8) is 0 Å². The van der Waals surface area contributed by atoms with Crippen molar-refractivity contribution < 1.29 is 37.2 Å². The number of nitrogens with zero attached hydrogens (tertiary/aromatic N) is 2. The van der Waals surface area contributed by atoms with Gasteiger partial charge in [-0.3, -0.25) is 4.72 Å². The smallest absolute Gasteiger partial charge is 0.263 e. The van der Waals surface area contributed by atoms with E-state index in [9.17, 15) is 13.5 Å². The lowest BCUT2D eigenvalue weighted by atomic mass is 9.87. The Morgan fingerprint density at radius 1 is 1.07 bits per heavy atom. The average Bonchev–Trinajstić information content (AvgIpc) is 3.24. The highest BCUT2D eigenvalue weighted by atomic mass is 35.5. The monoisotopic (exact) mass is 621 g/mol. The van der Waals surface area contributed by atoms with Gasteiger partial charge >= 0.3 is 0 Å². The highest BCUT2D eigenvalue weighted by Gasteiger charge is 2.41. The van der Waals surface area contributed by atoms with Crippen LogP contribution in [0.3, 0.4) is 0 Å². The molecule has 1 aliphatic heterocycles. The van der Waals surface area contributed by atoms with E-state index in [1.54, 1.807) is 44.2 Å². The number of nitrogens with one attached hydrogen (secondary N) is 1. The Balaban J connectivity index is 1.64. The molecular formula is C29H36ClN3O8S. The number of anilines is 1. The minimum Gasteiger partial charge on any atom is -0.497 e. The van der Waals surface area contributed by atoms with Crippen molar-refractivity contribution in [2.24, 2.45) is 0 Å². The largest absolute Gasteiger partial charge is 0.497 e. The second-order valence-electron chi connectivity index (χ2n) is 11.2. The molecule has 0 aliphatic carbocycles. The van der Waals surface area contributed by atoms with Crippen molar-refractivity contribution in [3.05, 3.63) is 65.1 Å². The Hall–Kier alpha value is -3.00. The summed E-state index contributed by atoms with van der Waals surface area (Å²) in [5.41, 5.74) is 1.09. The van der Waals surface area contributed by atoms with Crippen molar-refractivity contribution in [3.8, 4) is 17.2 Å². The number of hydrogen-bond acceptors (Lipinski definition) is 10. The number of ether oxygens (including phenoxy) is 5. The Morgan fingerprint density at radius 3 is 2.40 bits per heavy atom. The van der Waals surface area contributed by atoms with Crippen molar-refractivity contribution >= 4 is 27.4 Å². The molecule has 2 N–H and O–H groups in total. The molecule has 11 nitrogen and oxygen atoms in total. The maximum absolute atomic E-state index is 13.4. The summed E-state index contributed by atoms with van der Waals surface area (Å²) in [7, 11) is -2.57. The minimum absolute atomic E-state index is 0.00910. The van der Waals surface area contributed by atoms with Crippen LogP contribution in [-0.4, -0.2) is 61.8 Å². The third kappa shape index (κ3) is 7.68. The zero-order chi connectivity index (χ0) is 30.7. The summed E-state index contributed by atoms with van der Waals surface area (Å²) in [5, 5.41) is 9.92. The van der Waals surface area contributed by atoms with Gasteiger partial charge in [-0.05, 0) is 49.1 Å². The molecule has 2 aromatic carbocycles. The first-order valence-corrected chi connectivity index (χ1v) is 15.1. The Morgan fingerprint density at radius 2 is 1.76 bits per heavy atom. The summed E-state index contributed by atoms with van der Waals surface area (Å²) < 4.78 is 58.1. The molecule has 228 valence electrons. The summed E-state index contributed by atoms with van der Waals surface area (Å²) in [6.45, 7) is 9.36. The second kappa shape index (κ2) is 12.7. The first kappa shape index (κ1) is 31.9. The van der Waals surface area contributed by atoms with Gasteiger partial charge in [0.25, 0.3) is 10.0 Å². The van der Waals surface area contributed by atoms with E-state index in [4.69, 9.17) is 35.3 Å². The van der Waals surface area contributed by atoms with E-state index in [0.29, 0.717) is 5.75 Å². The third-order valence-electron chi connectivity index (χ3n) is 6.48. The average molecular weight is 622 g/mol. The molecule has 2 atom stereocenters. The number of aliphatic hydroxyl groups excluding tert-OH is 1. The quantitative estimate of drug-likeness (QED) is 0.299. The van der Waals surface area contributed by atoms with Crippen molar-refractivity contribution in [1.29, 1.82) is 0 Å². The van der Waals surface area contributed by atoms with Crippen LogP contribution < -0.4 is 14.2 Å². The molecular weight excluding hydrogens is 586 g/mol. The van der Waals surface area contributed by atoms with Gasteiger partial charge in [0, 0.05) is 6.07 Å². The number of aromatic nitrogens is 2. The van der Waals surface area contributed by atoms with Crippen LogP contribution in [0.1, 0.15) is 45.9 Å². The summed E-state index contributed by atoms with van der Waals surface area (Å²) in [5.74, 6) is -0.329. The fourth-order valence-corrected chi connectivity index (χ4v) is 5.46. The highest BCUT2D eigenvalue weighted by molar-refractivity contribution is 7.92. The van der Waals surface area contributed by atoms with E-state index >= 15 is 0 Å². The van der Waals surface area contributed by atoms with Gasteiger partial charge in [-0.25, -0.2) is 18.4 Å². The molecule has 0 spiro atoms. The van der Waals surface area contributed by atoms with Gasteiger partial charge in [-0.2, -0.15) is 0 Å². The molecule has 0 bridgehead atoms. The lowest BCUT2D eigenvalue weighted by Gasteiger charge is -2.20. The van der Waals surface area contributed by atoms with E-state index in [1.807, 2.05) is 20.8 Å². The van der Waals surface area contributed by atoms with Crippen LogP contribution >= 0.6 is 11.6 Å². The molecule has 2 heterocycles. The minimum atomic E-state index is -4.07. The van der Waals surface area contributed by atoms with Crippen LogP contribution in [0.25, 0.3) is 0 Å². The third-order valence-corrected chi connectivity index (χ3v) is 8.14. The van der Waals surface area contributed by atoms with Gasteiger partial charge in [-0.15, -0.1) is 0 Å². The summed E-state index contributed by atoms with van der Waals surface area (Å²) in [6, 6.07) is 11.4. The summed E-state index contributed by atoms with van der Waals surface area (Å²) in [4.78, 5) is 8.51. The van der Waals surface area contributed by atoms with Crippen LogP contribution in [0, 0.1) is 0 Å². The molecule has 4 rings (SSSR count). The lowest BCUT2D eigenvalue weighted by Crippen LogP contribution is -2.30. The van der Waals surface area contributed by atoms with Gasteiger partial charge in [0.1, 0.15) is 35.7 Å². The molecule has 0 radical (unpaired) electrons. The van der Waals surface area contributed by atoms with Gasteiger partial charge in [0.2, 0.25) is 0 Å². The van der Waals surface area contributed by atoms with Crippen LogP contribution in [0.15, 0.2) is 53.7 Å². The lowest BCUT2D eigenvalue weighted by molar-refractivity contribution is -0.153. The Labute approximate surface area is 251 Å². The maximum Gasteiger partial charge on any atom is 0.263 e. The summed E-state index contributed by atoms with van der Waals surface area (Å²) in [6.07, 6.45) is 0.107. The number of sulfonamides is 1. The summed E-state index contributed by atoms with van der Waals surface area (Å²) >= 11 is 6.39. The predicted octanol–water partition coefficient (Wildman–Crippen LogP) is 5.06. The number of benzene rings is 2. The zero-order valence-corrected chi connectivity index (χ0v) is 26.0. The van der Waals surface area contributed by atoms with Crippen molar-refractivity contribution in [1.82, 2.24) is 9.97 Å². The number of rotatable bonds is 11. The zero-order valence-electron chi connectivity index (χ0n) is 24.4. The van der Waals surface area contributed by atoms with Crippen LogP contribution in [-0.2, 0) is 36.3 Å². The van der Waals surface area contributed by atoms with Crippen molar-refractivity contribution in [2.75, 3.05) is 25.0 Å². The first-order chi connectivity index (χ1) is 19.7. The molecule has 13 heteroatoms.